The summed E-state index contributed by atoms with van der Waals surface area (Å²) in [7, 11) is 5.94. The third-order valence-electron chi connectivity index (χ3n) is 16.3. The normalized spacial score (nSPS) is 32.2. The number of carbonyl (C=O) groups is 4. The summed E-state index contributed by atoms with van der Waals surface area (Å²) in [6, 6.07) is 18.6. The van der Waals surface area contributed by atoms with Gasteiger partial charge in [0.1, 0.15) is 11.2 Å². The van der Waals surface area contributed by atoms with Gasteiger partial charge in [0.25, 0.3) is 0 Å². The standard InChI is InChI=1S/C45H54F2N4O8.C7H6O2/c1-8-42-14-11-16-51-17-15-43(36(42)51)30-19-31(34(56-5)20-33(30)49(4)37(43)45(55,40(54)58-7)38(42)59-25(2)52)44(39(53)57-6)21-26-18-27(41(3,46)47)23-50(22-26)24-29-28-12-9-10-13-32(28)48-35(29)44;8-7(9)6-4-2-1-3-5-6/h9-14,19-20,26-27,36-38,48,55H,8,15-18,21-24H2,1-7H3;1-5H,(H,8,9)/t26-,27-,36+,37-,38-,42-,43-,44+,45+;/m1./s1. The summed E-state index contributed by atoms with van der Waals surface area (Å²) >= 11 is 0. The van der Waals surface area contributed by atoms with Crippen molar-refractivity contribution in [2.24, 2.45) is 17.3 Å². The highest BCUT2D eigenvalue weighted by molar-refractivity contribution is 5.95. The number of aromatic nitrogens is 1. The molecule has 1 saturated carbocycles. The zero-order valence-corrected chi connectivity index (χ0v) is 39.5. The summed E-state index contributed by atoms with van der Waals surface area (Å²) in [6.45, 7) is 6.55. The first kappa shape index (κ1) is 47.2. The van der Waals surface area contributed by atoms with E-state index in [4.69, 9.17) is 24.1 Å². The smallest absolute Gasteiger partial charge is 0.344 e. The number of hydrogen-bond acceptors (Lipinski definition) is 12. The van der Waals surface area contributed by atoms with E-state index < -0.39 is 69.7 Å². The Balaban J connectivity index is 0.000000577. The van der Waals surface area contributed by atoms with Gasteiger partial charge in [0, 0.05) is 96.9 Å². The number of aromatic amines is 1. The molecule has 2 saturated heterocycles. The van der Waals surface area contributed by atoms with Crippen LogP contribution in [0.2, 0.25) is 0 Å². The number of alkyl halides is 2. The molecule has 0 radical (unpaired) electrons. The minimum absolute atomic E-state index is 0.155. The summed E-state index contributed by atoms with van der Waals surface area (Å²) in [5.74, 6) is -6.80. The summed E-state index contributed by atoms with van der Waals surface area (Å²) in [5.41, 5.74) is -1.31. The van der Waals surface area contributed by atoms with Gasteiger partial charge >= 0.3 is 23.9 Å². The second-order valence-electron chi connectivity index (χ2n) is 19.7. The third-order valence-corrected chi connectivity index (χ3v) is 16.3. The molecule has 362 valence electrons. The average molecular weight is 939 g/mol. The Labute approximate surface area is 394 Å². The summed E-state index contributed by atoms with van der Waals surface area (Å²) in [6.07, 6.45) is 4.04. The van der Waals surface area contributed by atoms with Crippen molar-refractivity contribution in [2.45, 2.75) is 93.5 Å². The summed E-state index contributed by atoms with van der Waals surface area (Å²) in [5, 5.41) is 22.6. The lowest BCUT2D eigenvalue weighted by molar-refractivity contribution is -0.228. The Kier molecular flexibility index (Phi) is 11.8. The first-order chi connectivity index (χ1) is 32.4. The van der Waals surface area contributed by atoms with Crippen LogP contribution in [0, 0.1) is 17.3 Å². The molecular formula is C52H60F2N4O10. The van der Waals surface area contributed by atoms with Gasteiger partial charge in [-0.15, -0.1) is 0 Å². The van der Waals surface area contributed by atoms with Crippen LogP contribution >= 0.6 is 0 Å². The Hall–Kier alpha value is -5.84. The van der Waals surface area contributed by atoms with E-state index in [2.05, 4.69) is 14.8 Å². The number of carbonyl (C=O) groups excluding carboxylic acids is 3. The predicted molar refractivity (Wildman–Crippen MR) is 248 cm³/mol. The highest BCUT2D eigenvalue weighted by Gasteiger charge is 2.80. The number of methoxy groups -OCH3 is 3. The van der Waals surface area contributed by atoms with Gasteiger partial charge in [-0.1, -0.05) is 55.5 Å². The average Bonchev–Trinajstić information content (AvgIpc) is 3.98. The van der Waals surface area contributed by atoms with Gasteiger partial charge in [0.2, 0.25) is 11.5 Å². The number of halogens is 2. The van der Waals surface area contributed by atoms with Crippen LogP contribution in [0.5, 0.6) is 5.75 Å². The van der Waals surface area contributed by atoms with Crippen molar-refractivity contribution < 1.29 is 57.1 Å². The van der Waals surface area contributed by atoms with E-state index in [-0.39, 0.29) is 31.3 Å². The lowest BCUT2D eigenvalue weighted by Gasteiger charge is -2.63. The van der Waals surface area contributed by atoms with Crippen molar-refractivity contribution in [3.8, 4) is 5.75 Å². The molecule has 68 heavy (non-hydrogen) atoms. The molecule has 3 fully saturated rings. The highest BCUT2D eigenvalue weighted by atomic mass is 19.3. The molecule has 4 aromatic rings. The van der Waals surface area contributed by atoms with Crippen molar-refractivity contribution in [3.63, 3.8) is 0 Å². The number of para-hydroxylation sites is 1. The summed E-state index contributed by atoms with van der Waals surface area (Å²) in [4.78, 5) is 62.7. The zero-order valence-electron chi connectivity index (χ0n) is 39.5. The van der Waals surface area contributed by atoms with Crippen LogP contribution in [0.25, 0.3) is 10.9 Å². The fraction of sp³-hybridized carbons (Fsp3) is 0.500. The third kappa shape index (κ3) is 6.78. The number of aliphatic hydroxyl groups is 1. The largest absolute Gasteiger partial charge is 0.496 e. The van der Waals surface area contributed by atoms with Crippen molar-refractivity contribution >= 4 is 40.5 Å². The van der Waals surface area contributed by atoms with Gasteiger partial charge in [0.05, 0.1) is 32.9 Å². The van der Waals surface area contributed by atoms with Crippen molar-refractivity contribution in [1.82, 2.24) is 14.8 Å². The number of esters is 3. The number of ether oxygens (including phenoxy) is 4. The van der Waals surface area contributed by atoms with Crippen LogP contribution in [0.4, 0.5) is 14.5 Å². The lowest BCUT2D eigenvalue weighted by atomic mass is 9.47. The van der Waals surface area contributed by atoms with E-state index in [0.29, 0.717) is 67.3 Å². The van der Waals surface area contributed by atoms with E-state index in [9.17, 15) is 19.5 Å². The van der Waals surface area contributed by atoms with Crippen LogP contribution < -0.4 is 9.64 Å². The van der Waals surface area contributed by atoms with Gasteiger partial charge in [-0.05, 0) is 80.5 Å². The number of fused-ring (bicyclic) bond motifs is 6. The number of piperidine rings is 1. The number of benzene rings is 3. The van der Waals surface area contributed by atoms with E-state index in [1.165, 1.54) is 28.3 Å². The molecule has 10 atom stereocenters. The number of hydrogen-bond donors (Lipinski definition) is 3. The fourth-order valence-electron chi connectivity index (χ4n) is 13.8. The van der Waals surface area contributed by atoms with Crippen LogP contribution in [0.15, 0.2) is 78.9 Å². The molecule has 2 bridgehead atoms. The minimum atomic E-state index is -2.94. The van der Waals surface area contributed by atoms with Gasteiger partial charge in [0.15, 0.2) is 6.10 Å². The second kappa shape index (κ2) is 17.0. The molecule has 6 heterocycles. The first-order valence-electron chi connectivity index (χ1n) is 23.3. The van der Waals surface area contributed by atoms with E-state index in [1.54, 1.807) is 30.3 Å². The van der Waals surface area contributed by atoms with Gasteiger partial charge < -0.3 is 39.0 Å². The SMILES string of the molecule is CC[C@]12C=CCN3CC[C@@]4(c5cc([C@@]6(C(=O)OC)C[C@H]7C[C@@H](C(C)(F)F)CN(Cc8c6[nH]c6ccccc86)C7)c(OC)cc5N(C)[C@H]4[C@@](O)(C(=O)OC)[C@@H]1OC(C)=O)[C@@H]32.O=C(O)c1ccccc1. The molecule has 1 aliphatic carbocycles. The Bertz CT molecular complexity index is 2690. The van der Waals surface area contributed by atoms with Crippen LogP contribution in [-0.4, -0.2) is 133 Å². The maximum Gasteiger partial charge on any atom is 0.344 e. The maximum atomic E-state index is 15.3. The maximum absolute atomic E-state index is 15.3. The molecule has 0 amide bonds. The molecule has 1 aromatic heterocycles. The van der Waals surface area contributed by atoms with Crippen molar-refractivity contribution in [3.05, 3.63) is 107 Å². The Morgan fingerprint density at radius 1 is 0.941 bits per heavy atom. The number of anilines is 1. The van der Waals surface area contributed by atoms with Crippen molar-refractivity contribution in [1.29, 1.82) is 0 Å². The fourth-order valence-corrected chi connectivity index (χ4v) is 13.8. The minimum Gasteiger partial charge on any atom is -0.496 e. The molecule has 3 N–H and O–H groups in total. The number of nitrogens with zero attached hydrogens (tertiary/aromatic N) is 3. The molecule has 5 aliphatic heterocycles. The zero-order chi connectivity index (χ0) is 48.7. The van der Waals surface area contributed by atoms with Crippen molar-refractivity contribution in [2.75, 3.05) is 59.5 Å². The quantitative estimate of drug-likeness (QED) is 0.100. The number of likely N-dealkylation sites (N-methyl/N-ethyl adjacent to an activating group) is 1. The Morgan fingerprint density at radius 3 is 2.28 bits per heavy atom. The molecule has 16 heteroatoms. The van der Waals surface area contributed by atoms with E-state index in [1.807, 2.05) is 67.4 Å². The predicted octanol–water partition coefficient (Wildman–Crippen LogP) is 6.46. The highest BCUT2D eigenvalue weighted by Crippen LogP contribution is 2.68. The van der Waals surface area contributed by atoms with Crippen LogP contribution in [-0.2, 0) is 46.0 Å². The topological polar surface area (TPSA) is 171 Å². The number of carboxylic acids is 1. The van der Waals surface area contributed by atoms with E-state index in [0.717, 1.165) is 29.0 Å². The first-order valence-corrected chi connectivity index (χ1v) is 23.3. The molecule has 1 spiro atoms. The monoisotopic (exact) mass is 938 g/mol. The number of nitrogens with one attached hydrogen (secondary N) is 1. The van der Waals surface area contributed by atoms with E-state index >= 15 is 13.6 Å². The molecule has 3 aromatic carbocycles. The number of rotatable bonds is 8. The number of H-pyrrole nitrogens is 1. The molecule has 10 rings (SSSR count). The van der Waals surface area contributed by atoms with Gasteiger partial charge in [-0.25, -0.2) is 18.4 Å². The molecule has 6 aliphatic rings. The lowest BCUT2D eigenvalue weighted by Crippen LogP contribution is -2.81. The Morgan fingerprint density at radius 2 is 1.65 bits per heavy atom. The van der Waals surface area contributed by atoms with Crippen LogP contribution in [0.1, 0.15) is 79.2 Å². The van der Waals surface area contributed by atoms with Gasteiger partial charge in [-0.3, -0.25) is 19.4 Å². The van der Waals surface area contributed by atoms with Gasteiger partial charge in [-0.2, -0.15) is 0 Å². The molecular weight excluding hydrogens is 879 g/mol. The number of aromatic carboxylic acids is 1. The number of carboxylic acid groups (broad SMARTS) is 1. The summed E-state index contributed by atoms with van der Waals surface area (Å²) < 4.78 is 54.3. The van der Waals surface area contributed by atoms with Crippen LogP contribution in [0.3, 0.4) is 0 Å². The molecule has 1 unspecified atom stereocenters. The second-order valence-corrected chi connectivity index (χ2v) is 19.7. The molecule has 14 nitrogen and oxygen atoms in total.